The molecule has 1 aromatic rings. The molecule has 0 bridgehead atoms. The van der Waals surface area contributed by atoms with Crippen molar-refractivity contribution in [3.05, 3.63) is 29.3 Å². The van der Waals surface area contributed by atoms with Crippen molar-refractivity contribution in [3.63, 3.8) is 0 Å². The van der Waals surface area contributed by atoms with Gasteiger partial charge in [0.2, 0.25) is 0 Å². The second kappa shape index (κ2) is 3.02. The number of anilines is 1. The minimum absolute atomic E-state index is 0.313. The Hall–Kier alpha value is -1.49. The Morgan fingerprint density at radius 3 is 3.00 bits per heavy atom. The minimum Gasteiger partial charge on any atom is -0.385 e. The maximum Gasteiger partial charge on any atom is 0.0831 e. The number of hydrogen-bond donors (Lipinski definition) is 1. The summed E-state index contributed by atoms with van der Waals surface area (Å²) in [4.78, 5) is 0. The first kappa shape index (κ1) is 9.08. The Kier molecular flexibility index (Phi) is 1.96. The van der Waals surface area contributed by atoms with Crippen LogP contribution in [0.3, 0.4) is 0 Å². The van der Waals surface area contributed by atoms with Crippen molar-refractivity contribution in [1.82, 2.24) is 0 Å². The third kappa shape index (κ3) is 1.26. The molecule has 0 amide bonds. The lowest BCUT2D eigenvalue weighted by atomic mass is 9.77. The summed E-state index contributed by atoms with van der Waals surface area (Å²) < 4.78 is 0. The first-order chi connectivity index (χ1) is 6.65. The molecule has 1 atom stereocenters. The Labute approximate surface area is 84.6 Å². The van der Waals surface area contributed by atoms with Crippen LogP contribution in [-0.4, -0.2) is 6.54 Å². The molecule has 1 N–H and O–H groups in total. The number of fused-ring (bicyclic) bond motifs is 1. The second-order valence-electron chi connectivity index (χ2n) is 4.17. The third-order valence-corrected chi connectivity index (χ3v) is 2.96. The van der Waals surface area contributed by atoms with Crippen LogP contribution in [0.15, 0.2) is 18.2 Å². The molecule has 2 heteroatoms. The molecule has 0 saturated carbocycles. The van der Waals surface area contributed by atoms with Crippen LogP contribution in [0.4, 0.5) is 5.69 Å². The standard InChI is InChI=1S/C12H14N2/c1-9-3-4-11-10(7-9)12(2,8-13)5-6-14-11/h3-4,7,14H,5-6H2,1-2H3. The highest BCUT2D eigenvalue weighted by Gasteiger charge is 2.31. The molecule has 0 aliphatic carbocycles. The molecule has 14 heavy (non-hydrogen) atoms. The van der Waals surface area contributed by atoms with Crippen LogP contribution >= 0.6 is 0 Å². The predicted molar refractivity (Wildman–Crippen MR) is 57.3 cm³/mol. The zero-order valence-electron chi connectivity index (χ0n) is 8.59. The van der Waals surface area contributed by atoms with E-state index in [1.807, 2.05) is 6.92 Å². The number of nitrogens with one attached hydrogen (secondary N) is 1. The van der Waals surface area contributed by atoms with Crippen molar-refractivity contribution in [2.24, 2.45) is 0 Å². The highest BCUT2D eigenvalue weighted by atomic mass is 14.9. The molecule has 72 valence electrons. The zero-order valence-corrected chi connectivity index (χ0v) is 8.59. The fraction of sp³-hybridized carbons (Fsp3) is 0.417. The van der Waals surface area contributed by atoms with Crippen LogP contribution in [0.1, 0.15) is 24.5 Å². The zero-order chi connectivity index (χ0) is 10.2. The van der Waals surface area contributed by atoms with Crippen molar-refractivity contribution >= 4 is 5.69 Å². The maximum atomic E-state index is 9.21. The van der Waals surface area contributed by atoms with Crippen LogP contribution in [0, 0.1) is 18.3 Å². The topological polar surface area (TPSA) is 35.8 Å². The summed E-state index contributed by atoms with van der Waals surface area (Å²) in [6, 6.07) is 8.69. The SMILES string of the molecule is Cc1ccc2c(c1)C(C)(C#N)CCN2. The van der Waals surface area contributed by atoms with Gasteiger partial charge in [-0.2, -0.15) is 5.26 Å². The number of hydrogen-bond acceptors (Lipinski definition) is 2. The van der Waals surface area contributed by atoms with Crippen LogP contribution in [0.2, 0.25) is 0 Å². The number of benzene rings is 1. The molecule has 1 heterocycles. The van der Waals surface area contributed by atoms with Crippen molar-refractivity contribution in [2.45, 2.75) is 25.7 Å². The number of aryl methyl sites for hydroxylation is 1. The van der Waals surface area contributed by atoms with E-state index in [9.17, 15) is 5.26 Å². The second-order valence-corrected chi connectivity index (χ2v) is 4.17. The van der Waals surface area contributed by atoms with Crippen LogP contribution in [0.5, 0.6) is 0 Å². The Bertz CT molecular complexity index is 403. The Balaban J connectivity index is 2.59. The summed E-state index contributed by atoms with van der Waals surface area (Å²) in [5, 5.41) is 12.5. The predicted octanol–water partition coefficient (Wildman–Crippen LogP) is 2.59. The normalized spacial score (nSPS) is 24.6. The molecule has 0 saturated heterocycles. The third-order valence-electron chi connectivity index (χ3n) is 2.96. The fourth-order valence-corrected chi connectivity index (χ4v) is 1.97. The molecule has 2 nitrogen and oxygen atoms in total. The van der Waals surface area contributed by atoms with Crippen molar-refractivity contribution in [3.8, 4) is 6.07 Å². The lowest BCUT2D eigenvalue weighted by Gasteiger charge is -2.30. The highest BCUT2D eigenvalue weighted by molar-refractivity contribution is 5.59. The van der Waals surface area contributed by atoms with Gasteiger partial charge in [0, 0.05) is 12.2 Å². The number of rotatable bonds is 0. The smallest absolute Gasteiger partial charge is 0.0831 e. The van der Waals surface area contributed by atoms with Gasteiger partial charge in [-0.15, -0.1) is 0 Å². The van der Waals surface area contributed by atoms with Gasteiger partial charge in [-0.1, -0.05) is 17.7 Å². The van der Waals surface area contributed by atoms with E-state index in [2.05, 4.69) is 36.5 Å². The van der Waals surface area contributed by atoms with Gasteiger partial charge in [0.15, 0.2) is 0 Å². The summed E-state index contributed by atoms with van der Waals surface area (Å²) in [5.74, 6) is 0. The Morgan fingerprint density at radius 2 is 2.29 bits per heavy atom. The first-order valence-electron chi connectivity index (χ1n) is 4.92. The molecule has 1 unspecified atom stereocenters. The minimum atomic E-state index is -0.313. The molecule has 1 aliphatic heterocycles. The van der Waals surface area contributed by atoms with Gasteiger partial charge >= 0.3 is 0 Å². The summed E-state index contributed by atoms with van der Waals surface area (Å²) in [6.45, 7) is 4.97. The van der Waals surface area contributed by atoms with Crippen LogP contribution in [-0.2, 0) is 5.41 Å². The van der Waals surface area contributed by atoms with E-state index in [1.54, 1.807) is 0 Å². The van der Waals surface area contributed by atoms with Gasteiger partial charge in [0.25, 0.3) is 0 Å². The van der Waals surface area contributed by atoms with Gasteiger partial charge in [-0.25, -0.2) is 0 Å². The Morgan fingerprint density at radius 1 is 1.50 bits per heavy atom. The van der Waals surface area contributed by atoms with Crippen molar-refractivity contribution in [2.75, 3.05) is 11.9 Å². The lowest BCUT2D eigenvalue weighted by molar-refractivity contribution is 0.555. The average Bonchev–Trinajstić information content (AvgIpc) is 2.20. The molecule has 2 rings (SSSR count). The van der Waals surface area contributed by atoms with E-state index in [1.165, 1.54) is 5.56 Å². The molecule has 0 aromatic heterocycles. The van der Waals surface area contributed by atoms with E-state index >= 15 is 0 Å². The van der Waals surface area contributed by atoms with Gasteiger partial charge in [-0.3, -0.25) is 0 Å². The van der Waals surface area contributed by atoms with Crippen molar-refractivity contribution in [1.29, 1.82) is 5.26 Å². The number of nitriles is 1. The summed E-state index contributed by atoms with van der Waals surface area (Å²) in [6.07, 6.45) is 0.889. The molecule has 0 radical (unpaired) electrons. The fourth-order valence-electron chi connectivity index (χ4n) is 1.97. The van der Waals surface area contributed by atoms with Gasteiger partial charge in [0.05, 0.1) is 11.5 Å². The summed E-state index contributed by atoms with van der Waals surface area (Å²) >= 11 is 0. The quantitative estimate of drug-likeness (QED) is 0.676. The molecular weight excluding hydrogens is 172 g/mol. The van der Waals surface area contributed by atoms with Gasteiger partial charge in [0.1, 0.15) is 0 Å². The average molecular weight is 186 g/mol. The van der Waals surface area contributed by atoms with E-state index in [-0.39, 0.29) is 5.41 Å². The molecule has 0 fully saturated rings. The first-order valence-corrected chi connectivity index (χ1v) is 4.92. The van der Waals surface area contributed by atoms with E-state index in [0.717, 1.165) is 24.2 Å². The maximum absolute atomic E-state index is 9.21. The molecular formula is C12H14N2. The van der Waals surface area contributed by atoms with Gasteiger partial charge < -0.3 is 5.32 Å². The number of nitrogens with zero attached hydrogens (tertiary/aromatic N) is 1. The highest BCUT2D eigenvalue weighted by Crippen LogP contribution is 2.36. The molecule has 0 spiro atoms. The molecule has 1 aromatic carbocycles. The van der Waals surface area contributed by atoms with E-state index in [4.69, 9.17) is 0 Å². The lowest BCUT2D eigenvalue weighted by Crippen LogP contribution is -2.29. The monoisotopic (exact) mass is 186 g/mol. The summed E-state index contributed by atoms with van der Waals surface area (Å²) in [5.41, 5.74) is 3.16. The summed E-state index contributed by atoms with van der Waals surface area (Å²) in [7, 11) is 0. The largest absolute Gasteiger partial charge is 0.385 e. The van der Waals surface area contributed by atoms with E-state index in [0.29, 0.717) is 0 Å². The van der Waals surface area contributed by atoms with Crippen LogP contribution in [0.25, 0.3) is 0 Å². The van der Waals surface area contributed by atoms with E-state index < -0.39 is 0 Å². The van der Waals surface area contributed by atoms with Crippen LogP contribution < -0.4 is 5.32 Å². The van der Waals surface area contributed by atoms with Gasteiger partial charge in [-0.05, 0) is 31.9 Å². The van der Waals surface area contributed by atoms with Crippen molar-refractivity contribution < 1.29 is 0 Å². The molecule has 1 aliphatic rings.